The molecule has 25 nitrogen and oxygen atoms in total. The first-order chi connectivity index (χ1) is 53.8. The molecule has 0 radical (unpaired) electrons. The summed E-state index contributed by atoms with van der Waals surface area (Å²) in [6, 6.07) is 65.8. The number of benzene rings is 4. The van der Waals surface area contributed by atoms with Gasteiger partial charge in [-0.15, -0.1) is 0 Å². The highest BCUT2D eigenvalue weighted by Crippen LogP contribution is 2.35. The fourth-order valence-electron chi connectivity index (χ4n) is 9.47. The minimum absolute atomic E-state index is 0.00579. The SMILES string of the molecule is CC(C)(C)[S@](=O)N=Cc1ccccn1.CC(C)(C)[S@](N)=O.C[C@@H](N)c1ccccn1.C[C@@H](NC(=O)c1nc(-c2ccc3ncccc3c2)c(-c2ccccc2)nc1N)c1ccccn1.C[C@@H](N[S@@](=O)C(C)(C)C)c1ccccn1.Nc1nc(-c2ccccc2)c(-c2ccc3ncccc3c2)nc1C(=O)O.O=Cc1ccccn1. The summed E-state index contributed by atoms with van der Waals surface area (Å²) in [6.07, 6.45) is 14.2. The number of carbonyl (C=O) groups is 3. The number of nitrogens with two attached hydrogens (primary N) is 4. The number of aldehydes is 1. The van der Waals surface area contributed by atoms with Gasteiger partial charge in [0, 0.05) is 82.4 Å². The minimum Gasteiger partial charge on any atom is -0.476 e. The maximum Gasteiger partial charge on any atom is 0.358 e. The van der Waals surface area contributed by atoms with Crippen LogP contribution in [0.25, 0.3) is 66.8 Å². The van der Waals surface area contributed by atoms with Gasteiger partial charge in [0.2, 0.25) is 0 Å². The average molecular weight is 1580 g/mol. The van der Waals surface area contributed by atoms with Crippen molar-refractivity contribution in [3.8, 4) is 45.0 Å². The van der Waals surface area contributed by atoms with E-state index in [-0.39, 0.29) is 55.4 Å². The Balaban J connectivity index is 0.000000198. The van der Waals surface area contributed by atoms with Gasteiger partial charge in [0.25, 0.3) is 5.91 Å². The smallest absolute Gasteiger partial charge is 0.358 e. The van der Waals surface area contributed by atoms with Crippen molar-refractivity contribution in [2.45, 2.75) is 115 Å². The Hall–Kier alpha value is -12.2. The molecule has 0 fully saturated rings. The molecule has 11 N–H and O–H groups in total. The molecule has 0 saturated carbocycles. The van der Waals surface area contributed by atoms with E-state index in [1.54, 1.807) is 67.8 Å². The number of carboxylic acids is 1. The number of amides is 1. The standard InChI is InChI=1S/C27H22N6O.C20H14N4O2.C11H18N2OS.C10H14N2OS.C7H10N2.C6H5NO.C4H11NOS/c1-17(21-11-5-6-14-29-21)31-27(34)25-26(28)33-23(18-8-3-2-4-9-18)24(32-25)20-12-13-22-19(16-20)10-7-15-30-22;21-19-18(20(25)26)23-17(16(24-19)12-5-2-1-3-6-12)14-8-9-15-13(11-14)7-4-10-22-15;1-9(10-7-5-6-8-12-10)13-15(14)11(2,3)4;1-10(2,3)14(13)12-8-9-6-4-5-7-11-9;1-6(8)7-4-2-3-5-9-7;8-5-6-3-1-2-4-7-6;1-4(2,3)7(5)6/h2-17H,1H3,(H2,28,33)(H,31,34);1-11H,(H2,21,24)(H,25,26);5-9,13H,1-4H3;4-8H,1-3H3;2-6H,8H2,1H3;1-5H;5H2,1-3H3/t17-;;9-,15+;14-;6-;;7-/m1.101.1/s1. The van der Waals surface area contributed by atoms with Crippen LogP contribution >= 0.6 is 0 Å². The van der Waals surface area contributed by atoms with Gasteiger partial charge in [0.05, 0.1) is 111 Å². The van der Waals surface area contributed by atoms with Crippen LogP contribution in [-0.2, 0) is 33.0 Å². The number of carbonyl (C=O) groups excluding carboxylic acids is 2. The molecule has 0 unspecified atom stereocenters. The fourth-order valence-corrected chi connectivity index (χ4v) is 10.8. The lowest BCUT2D eigenvalue weighted by Crippen LogP contribution is -2.35. The molecule has 0 aliphatic heterocycles. The number of nitrogens with zero attached hydrogens (tertiary/aromatic N) is 12. The third-order valence-electron chi connectivity index (χ3n) is 15.6. The van der Waals surface area contributed by atoms with Crippen LogP contribution in [0.2, 0.25) is 0 Å². The van der Waals surface area contributed by atoms with Gasteiger partial charge in [-0.3, -0.25) is 49.6 Å². The Bertz CT molecular complexity index is 5310. The van der Waals surface area contributed by atoms with Gasteiger partial charge in [-0.2, -0.15) is 4.40 Å². The van der Waals surface area contributed by atoms with Crippen LogP contribution in [0.15, 0.2) is 260 Å². The molecule has 28 heteroatoms. The van der Waals surface area contributed by atoms with Crippen LogP contribution in [-0.4, -0.2) is 111 Å². The van der Waals surface area contributed by atoms with Crippen molar-refractivity contribution in [2.75, 3.05) is 11.5 Å². The number of aromatic carboxylic acids is 1. The lowest BCUT2D eigenvalue weighted by molar-refractivity contribution is 0.0691. The summed E-state index contributed by atoms with van der Waals surface area (Å²) in [5.74, 6) is -1.66. The third kappa shape index (κ3) is 28.0. The van der Waals surface area contributed by atoms with Crippen molar-refractivity contribution in [3.05, 3.63) is 296 Å². The molecule has 0 spiro atoms. The Labute approximate surface area is 666 Å². The molecule has 13 aromatic rings. The summed E-state index contributed by atoms with van der Waals surface area (Å²) in [5, 5.41) is 19.2. The van der Waals surface area contributed by atoms with Crippen molar-refractivity contribution in [3.63, 3.8) is 0 Å². The van der Waals surface area contributed by atoms with Gasteiger partial charge in [0.1, 0.15) is 16.7 Å². The topological polar surface area (TPSA) is 405 Å². The summed E-state index contributed by atoms with van der Waals surface area (Å²) in [6.45, 7) is 22.8. The van der Waals surface area contributed by atoms with E-state index in [0.29, 0.717) is 28.5 Å². The maximum absolute atomic E-state index is 13.2. The highest BCUT2D eigenvalue weighted by Gasteiger charge is 2.25. The van der Waals surface area contributed by atoms with E-state index in [1.165, 1.54) is 0 Å². The first-order valence-electron chi connectivity index (χ1n) is 35.6. The van der Waals surface area contributed by atoms with Crippen LogP contribution in [0, 0.1) is 0 Å². The van der Waals surface area contributed by atoms with Crippen LogP contribution in [0.4, 0.5) is 11.6 Å². The Morgan fingerprint density at radius 2 is 0.832 bits per heavy atom. The second-order valence-electron chi connectivity index (χ2n) is 27.8. The molecule has 0 saturated heterocycles. The van der Waals surface area contributed by atoms with Gasteiger partial charge < -0.3 is 27.6 Å². The van der Waals surface area contributed by atoms with E-state index in [0.717, 1.165) is 73.1 Å². The van der Waals surface area contributed by atoms with E-state index in [4.69, 9.17) is 27.3 Å². The monoisotopic (exact) mass is 1570 g/mol. The van der Waals surface area contributed by atoms with Crippen molar-refractivity contribution >= 4 is 90.8 Å². The second-order valence-corrected chi connectivity index (χ2v) is 33.5. The van der Waals surface area contributed by atoms with E-state index >= 15 is 0 Å². The number of carboxylic acid groups (broad SMARTS) is 1. The van der Waals surface area contributed by atoms with Gasteiger partial charge in [-0.1, -0.05) is 115 Å². The minimum atomic E-state index is -1.21. The molecule has 9 heterocycles. The number of hydrogen-bond donors (Lipinski definition) is 7. The summed E-state index contributed by atoms with van der Waals surface area (Å²) in [7, 11) is -3.45. The molecule has 584 valence electrons. The Morgan fingerprint density at radius 3 is 1.20 bits per heavy atom. The van der Waals surface area contributed by atoms with Crippen LogP contribution in [0.5, 0.6) is 0 Å². The molecule has 0 aliphatic rings. The number of pyridine rings is 7. The zero-order valence-corrected chi connectivity index (χ0v) is 67.4. The van der Waals surface area contributed by atoms with Crippen molar-refractivity contribution in [1.29, 1.82) is 0 Å². The van der Waals surface area contributed by atoms with Gasteiger partial charge in [-0.25, -0.2) is 42.1 Å². The van der Waals surface area contributed by atoms with Gasteiger partial charge in [-0.05, 0) is 180 Å². The Morgan fingerprint density at radius 1 is 0.442 bits per heavy atom. The molecule has 6 atom stereocenters. The highest BCUT2D eigenvalue weighted by molar-refractivity contribution is 7.85. The summed E-state index contributed by atoms with van der Waals surface area (Å²) in [4.78, 5) is 81.6. The molecule has 13 rings (SSSR count). The lowest BCUT2D eigenvalue weighted by atomic mass is 10.0. The van der Waals surface area contributed by atoms with E-state index in [9.17, 15) is 32.1 Å². The number of nitrogen functional groups attached to an aromatic ring is 2. The summed E-state index contributed by atoms with van der Waals surface area (Å²) in [5.41, 5.74) is 28.4. The van der Waals surface area contributed by atoms with Crippen molar-refractivity contribution < 1.29 is 32.1 Å². The first-order valence-corrected chi connectivity index (χ1v) is 39.1. The van der Waals surface area contributed by atoms with Crippen LogP contribution < -0.4 is 32.4 Å². The molecular weight excluding hydrogens is 1480 g/mol. The zero-order valence-electron chi connectivity index (χ0n) is 64.9. The predicted octanol–water partition coefficient (Wildman–Crippen LogP) is 15.0. The van der Waals surface area contributed by atoms with Crippen molar-refractivity contribution in [1.82, 2.24) is 64.9 Å². The quantitative estimate of drug-likeness (QED) is 0.0370. The summed E-state index contributed by atoms with van der Waals surface area (Å²) >= 11 is 0. The molecule has 0 bridgehead atoms. The Kier molecular flexibility index (Phi) is 33.4. The zero-order chi connectivity index (χ0) is 82.3. The number of rotatable bonds is 15. The van der Waals surface area contributed by atoms with Gasteiger partial charge in [0.15, 0.2) is 29.3 Å². The second kappa shape index (κ2) is 42.9. The van der Waals surface area contributed by atoms with Gasteiger partial charge >= 0.3 is 5.97 Å². The first kappa shape index (κ1) is 88.0. The fraction of sp³-hybridized carbons (Fsp3) is 0.212. The van der Waals surface area contributed by atoms with E-state index < -0.39 is 44.8 Å². The molecule has 0 aliphatic carbocycles. The van der Waals surface area contributed by atoms with E-state index in [2.05, 4.69) is 64.3 Å². The molecule has 4 aromatic carbocycles. The number of nitrogens with one attached hydrogen (secondary N) is 2. The molecule has 113 heavy (non-hydrogen) atoms. The lowest BCUT2D eigenvalue weighted by Gasteiger charge is -2.21. The molecular formula is C85H94N18O7S3. The van der Waals surface area contributed by atoms with Crippen molar-refractivity contribution in [2.24, 2.45) is 15.3 Å². The number of hydrogen-bond acceptors (Lipinski definition) is 20. The summed E-state index contributed by atoms with van der Waals surface area (Å²) < 4.78 is 39.9. The number of aromatic nitrogens is 11. The van der Waals surface area contributed by atoms with Crippen LogP contribution in [0.3, 0.4) is 0 Å². The third-order valence-corrected chi connectivity index (χ3v) is 19.9. The highest BCUT2D eigenvalue weighted by atomic mass is 32.2. The molecule has 9 aromatic heterocycles. The number of anilines is 2. The number of fused-ring (bicyclic) bond motifs is 2. The average Bonchev–Trinajstić information content (AvgIpc) is 0.779. The van der Waals surface area contributed by atoms with E-state index in [1.807, 2.05) is 277 Å². The normalized spacial score (nSPS) is 12.6. The predicted molar refractivity (Wildman–Crippen MR) is 454 cm³/mol. The van der Waals surface area contributed by atoms with Crippen LogP contribution in [0.1, 0.15) is 155 Å². The maximum atomic E-state index is 13.2. The molecule has 1 amide bonds. The largest absolute Gasteiger partial charge is 0.476 e.